The van der Waals surface area contributed by atoms with Gasteiger partial charge >= 0.3 is 0 Å². The van der Waals surface area contributed by atoms with Gasteiger partial charge in [-0.2, -0.15) is 0 Å². The molecular formula is C32H40N4O3. The molecule has 7 nitrogen and oxygen atoms in total. The van der Waals surface area contributed by atoms with Gasteiger partial charge in [0.05, 0.1) is 6.04 Å². The van der Waals surface area contributed by atoms with Gasteiger partial charge in [0.2, 0.25) is 17.7 Å². The third-order valence-corrected chi connectivity index (χ3v) is 6.62. The molecule has 206 valence electrons. The number of nitrogens with two attached hydrogens (primary N) is 1. The van der Waals surface area contributed by atoms with Crippen molar-refractivity contribution in [2.24, 2.45) is 5.73 Å². The maximum Gasteiger partial charge on any atom is 0.243 e. The number of hydrogen-bond acceptors (Lipinski definition) is 4. The molecule has 3 aromatic rings. The number of carbonyl (C=O) groups excluding carboxylic acids is 3. The summed E-state index contributed by atoms with van der Waals surface area (Å²) in [5.41, 5.74) is 7.62. The van der Waals surface area contributed by atoms with Crippen molar-refractivity contribution in [3.63, 3.8) is 0 Å². The third kappa shape index (κ3) is 9.07. The van der Waals surface area contributed by atoms with Crippen LogP contribution in [0.5, 0.6) is 0 Å². The zero-order chi connectivity index (χ0) is 28.4. The van der Waals surface area contributed by atoms with Crippen LogP contribution < -0.4 is 16.4 Å². The Labute approximate surface area is 231 Å². The van der Waals surface area contributed by atoms with Crippen LogP contribution in [0.4, 0.5) is 0 Å². The van der Waals surface area contributed by atoms with Gasteiger partial charge in [-0.05, 0) is 54.7 Å². The zero-order valence-corrected chi connectivity index (χ0v) is 23.3. The average molecular weight is 529 g/mol. The summed E-state index contributed by atoms with van der Waals surface area (Å²) < 4.78 is 0. The van der Waals surface area contributed by atoms with Crippen LogP contribution in [0.3, 0.4) is 0 Å². The summed E-state index contributed by atoms with van der Waals surface area (Å²) in [5.74, 6) is -0.765. The minimum atomic E-state index is -0.726. The first-order valence-electron chi connectivity index (χ1n) is 13.3. The predicted octanol–water partition coefficient (Wildman–Crippen LogP) is 3.76. The number of likely N-dealkylation sites (N-methyl/N-ethyl adjacent to an activating group) is 1. The van der Waals surface area contributed by atoms with Gasteiger partial charge in [0, 0.05) is 32.5 Å². The summed E-state index contributed by atoms with van der Waals surface area (Å²) >= 11 is 0. The molecule has 4 N–H and O–H groups in total. The van der Waals surface area contributed by atoms with Gasteiger partial charge in [-0.3, -0.25) is 14.4 Å². The predicted molar refractivity (Wildman–Crippen MR) is 157 cm³/mol. The molecule has 0 aromatic heterocycles. The summed E-state index contributed by atoms with van der Waals surface area (Å²) in [6.45, 7) is 5.43. The molecule has 0 radical (unpaired) electrons. The molecule has 0 fully saturated rings. The van der Waals surface area contributed by atoms with Crippen LogP contribution in [-0.4, -0.2) is 53.8 Å². The van der Waals surface area contributed by atoms with Crippen LogP contribution >= 0.6 is 0 Å². The number of hydrogen-bond donors (Lipinski definition) is 3. The van der Waals surface area contributed by atoms with Crippen LogP contribution in [0.15, 0.2) is 84.9 Å². The molecule has 2 atom stereocenters. The first-order valence-corrected chi connectivity index (χ1v) is 13.3. The van der Waals surface area contributed by atoms with Crippen molar-refractivity contribution in [3.8, 4) is 0 Å². The molecule has 2 unspecified atom stereocenters. The Hall–Kier alpha value is -3.97. The first-order chi connectivity index (χ1) is 18.6. The normalized spacial score (nSPS) is 13.2. The topological polar surface area (TPSA) is 105 Å². The summed E-state index contributed by atoms with van der Waals surface area (Å²) in [6.07, 6.45) is 4.64. The first kappa shape index (κ1) is 29.6. The van der Waals surface area contributed by atoms with E-state index in [4.69, 9.17) is 5.73 Å². The molecule has 3 amide bonds. The van der Waals surface area contributed by atoms with Crippen molar-refractivity contribution in [2.75, 3.05) is 13.6 Å². The molecule has 0 aliphatic rings. The van der Waals surface area contributed by atoms with Gasteiger partial charge in [-0.1, -0.05) is 78.9 Å². The van der Waals surface area contributed by atoms with Crippen molar-refractivity contribution >= 4 is 28.5 Å². The Balaban J connectivity index is 1.93. The molecule has 0 heterocycles. The highest BCUT2D eigenvalue weighted by Gasteiger charge is 2.30. The fourth-order valence-corrected chi connectivity index (χ4v) is 4.68. The van der Waals surface area contributed by atoms with E-state index in [-0.39, 0.29) is 24.3 Å². The van der Waals surface area contributed by atoms with Gasteiger partial charge in [0.15, 0.2) is 0 Å². The summed E-state index contributed by atoms with van der Waals surface area (Å²) in [6, 6.07) is 22.6. The van der Waals surface area contributed by atoms with Crippen molar-refractivity contribution in [1.82, 2.24) is 15.5 Å². The standard InChI is InChI=1S/C32H40N4O3/c1-23(37)36(29(31(39)34-4)20-24-12-6-5-7-13-24)22-27(35-30(38)18-11-19-32(2,3)33)21-26-16-10-15-25-14-8-9-17-28(25)26/h5-18,27,29H,19-22,33H2,1-4H3,(H,34,39)(H,35,38)/b18-11+. The van der Waals surface area contributed by atoms with Gasteiger partial charge < -0.3 is 21.3 Å². The maximum absolute atomic E-state index is 13.0. The highest BCUT2D eigenvalue weighted by atomic mass is 16.2. The van der Waals surface area contributed by atoms with E-state index < -0.39 is 17.6 Å². The van der Waals surface area contributed by atoms with E-state index in [2.05, 4.69) is 16.7 Å². The van der Waals surface area contributed by atoms with Crippen LogP contribution in [0.1, 0.15) is 38.3 Å². The summed E-state index contributed by atoms with van der Waals surface area (Å²) in [4.78, 5) is 40.5. The molecular weight excluding hydrogens is 488 g/mol. The fourth-order valence-electron chi connectivity index (χ4n) is 4.68. The number of benzene rings is 3. The lowest BCUT2D eigenvalue weighted by atomic mass is 9.97. The average Bonchev–Trinajstić information content (AvgIpc) is 2.90. The SMILES string of the molecule is CNC(=O)C(Cc1ccccc1)N(CC(Cc1cccc2ccccc12)NC(=O)/C=C/CC(C)(C)N)C(C)=O. The number of fused-ring (bicyclic) bond motifs is 1. The van der Waals surface area contributed by atoms with Gasteiger partial charge in [0.1, 0.15) is 6.04 Å². The van der Waals surface area contributed by atoms with Crippen LogP contribution in [0.2, 0.25) is 0 Å². The number of carbonyl (C=O) groups is 3. The molecule has 0 saturated heterocycles. The molecule has 0 saturated carbocycles. The van der Waals surface area contributed by atoms with Crippen LogP contribution in [0.25, 0.3) is 10.8 Å². The second-order valence-electron chi connectivity index (χ2n) is 10.6. The Morgan fingerprint density at radius 2 is 1.62 bits per heavy atom. The summed E-state index contributed by atoms with van der Waals surface area (Å²) in [5, 5.41) is 7.98. The zero-order valence-electron chi connectivity index (χ0n) is 23.3. The van der Waals surface area contributed by atoms with Crippen molar-refractivity contribution in [1.29, 1.82) is 0 Å². The Morgan fingerprint density at radius 3 is 2.28 bits per heavy atom. The Kier molecular flexibility index (Phi) is 10.4. The van der Waals surface area contributed by atoms with E-state index in [9.17, 15) is 14.4 Å². The van der Waals surface area contributed by atoms with Crippen molar-refractivity contribution < 1.29 is 14.4 Å². The van der Waals surface area contributed by atoms with Crippen molar-refractivity contribution in [3.05, 3.63) is 96.1 Å². The molecule has 0 spiro atoms. The third-order valence-electron chi connectivity index (χ3n) is 6.62. The van der Waals surface area contributed by atoms with E-state index >= 15 is 0 Å². The van der Waals surface area contributed by atoms with E-state index in [1.165, 1.54) is 13.0 Å². The maximum atomic E-state index is 13.0. The van der Waals surface area contributed by atoms with Gasteiger partial charge in [-0.25, -0.2) is 0 Å². The van der Waals surface area contributed by atoms with Crippen LogP contribution in [-0.2, 0) is 27.2 Å². The van der Waals surface area contributed by atoms with E-state index in [1.807, 2.05) is 80.6 Å². The molecule has 0 aliphatic carbocycles. The highest BCUT2D eigenvalue weighted by molar-refractivity contribution is 5.89. The molecule has 7 heteroatoms. The van der Waals surface area contributed by atoms with E-state index in [1.54, 1.807) is 18.0 Å². The fraction of sp³-hybridized carbons (Fsp3) is 0.344. The van der Waals surface area contributed by atoms with Gasteiger partial charge in [0.25, 0.3) is 0 Å². The number of rotatable bonds is 12. The molecule has 0 aliphatic heterocycles. The smallest absolute Gasteiger partial charge is 0.243 e. The summed E-state index contributed by atoms with van der Waals surface area (Å²) in [7, 11) is 1.57. The van der Waals surface area contributed by atoms with Gasteiger partial charge in [-0.15, -0.1) is 0 Å². The molecule has 3 rings (SSSR count). The van der Waals surface area contributed by atoms with E-state index in [0.29, 0.717) is 19.3 Å². The lowest BCUT2D eigenvalue weighted by molar-refractivity contribution is -0.139. The Morgan fingerprint density at radius 1 is 0.949 bits per heavy atom. The lowest BCUT2D eigenvalue weighted by Crippen LogP contribution is -2.54. The minimum absolute atomic E-state index is 0.172. The van der Waals surface area contributed by atoms with E-state index in [0.717, 1.165) is 21.9 Å². The van der Waals surface area contributed by atoms with Crippen LogP contribution in [0, 0.1) is 0 Å². The monoisotopic (exact) mass is 528 g/mol. The molecule has 39 heavy (non-hydrogen) atoms. The number of amides is 3. The number of nitrogens with one attached hydrogen (secondary N) is 2. The molecule has 0 bridgehead atoms. The lowest BCUT2D eigenvalue weighted by Gasteiger charge is -2.33. The quantitative estimate of drug-likeness (QED) is 0.311. The largest absolute Gasteiger partial charge is 0.357 e. The number of nitrogens with zero attached hydrogens (tertiary/aromatic N) is 1. The second-order valence-corrected chi connectivity index (χ2v) is 10.6. The second kappa shape index (κ2) is 13.7. The Bertz CT molecular complexity index is 1290. The van der Waals surface area contributed by atoms with Crippen molar-refractivity contribution in [2.45, 2.75) is 57.7 Å². The molecule has 3 aromatic carbocycles. The minimum Gasteiger partial charge on any atom is -0.357 e. The highest BCUT2D eigenvalue weighted by Crippen LogP contribution is 2.21.